The summed E-state index contributed by atoms with van der Waals surface area (Å²) in [5.74, 6) is 0.460. The van der Waals surface area contributed by atoms with Gasteiger partial charge < -0.3 is 10.0 Å². The lowest BCUT2D eigenvalue weighted by atomic mass is 10.0. The summed E-state index contributed by atoms with van der Waals surface area (Å²) >= 11 is 0. The first-order chi connectivity index (χ1) is 8.08. The van der Waals surface area contributed by atoms with Crippen molar-refractivity contribution in [2.45, 2.75) is 26.4 Å². The zero-order chi connectivity index (χ0) is 12.4. The number of hydrogen-bond acceptors (Lipinski definition) is 3. The molecule has 3 nitrogen and oxygen atoms in total. The summed E-state index contributed by atoms with van der Waals surface area (Å²) in [6.07, 6.45) is 0.794. The smallest absolute Gasteiger partial charge is 0.159 e. The molecule has 0 spiro atoms. The molecule has 1 saturated heterocycles. The van der Waals surface area contributed by atoms with Crippen molar-refractivity contribution < 1.29 is 9.90 Å². The molecular weight excluding hydrogens is 214 g/mol. The maximum atomic E-state index is 11.2. The predicted octanol–water partition coefficient (Wildman–Crippen LogP) is 2.10. The molecule has 1 aliphatic rings. The van der Waals surface area contributed by atoms with Crippen molar-refractivity contribution in [2.24, 2.45) is 5.92 Å². The average molecular weight is 233 g/mol. The van der Waals surface area contributed by atoms with Gasteiger partial charge in [-0.05, 0) is 44.5 Å². The minimum absolute atomic E-state index is 0.0971. The molecule has 0 bridgehead atoms. The highest BCUT2D eigenvalue weighted by Crippen LogP contribution is 2.25. The van der Waals surface area contributed by atoms with Gasteiger partial charge in [0.1, 0.15) is 0 Å². The largest absolute Gasteiger partial charge is 0.393 e. The number of carbonyl (C=O) groups excluding carboxylic acids is 1. The first-order valence-electron chi connectivity index (χ1n) is 6.12. The Balaban J connectivity index is 2.06. The summed E-state index contributed by atoms with van der Waals surface area (Å²) in [5, 5.41) is 9.56. The molecule has 17 heavy (non-hydrogen) atoms. The van der Waals surface area contributed by atoms with Gasteiger partial charge in [-0.2, -0.15) is 0 Å². The lowest BCUT2D eigenvalue weighted by molar-refractivity contribution is 0.101. The third-order valence-electron chi connectivity index (χ3n) is 3.55. The molecule has 3 heteroatoms. The van der Waals surface area contributed by atoms with Gasteiger partial charge in [-0.15, -0.1) is 0 Å². The molecule has 0 amide bonds. The lowest BCUT2D eigenvalue weighted by Gasteiger charge is -2.19. The first-order valence-corrected chi connectivity index (χ1v) is 6.12. The molecule has 1 aromatic rings. The predicted molar refractivity (Wildman–Crippen MR) is 68.4 cm³/mol. The van der Waals surface area contributed by atoms with Crippen molar-refractivity contribution >= 4 is 11.5 Å². The Morgan fingerprint density at radius 2 is 2.06 bits per heavy atom. The summed E-state index contributed by atoms with van der Waals surface area (Å²) in [7, 11) is 0. The molecule has 0 saturated carbocycles. The van der Waals surface area contributed by atoms with E-state index in [9.17, 15) is 9.90 Å². The second kappa shape index (κ2) is 4.88. The van der Waals surface area contributed by atoms with E-state index in [0.717, 1.165) is 30.8 Å². The van der Waals surface area contributed by atoms with E-state index in [4.69, 9.17) is 0 Å². The summed E-state index contributed by atoms with van der Waals surface area (Å²) in [4.78, 5) is 13.4. The molecule has 1 aromatic carbocycles. The summed E-state index contributed by atoms with van der Waals surface area (Å²) in [5.41, 5.74) is 1.89. The normalized spacial score (nSPS) is 21.6. The molecule has 1 N–H and O–H groups in total. The average Bonchev–Trinajstić information content (AvgIpc) is 2.78. The first kappa shape index (κ1) is 12.1. The second-order valence-corrected chi connectivity index (χ2v) is 4.84. The molecule has 2 unspecified atom stereocenters. The third kappa shape index (κ3) is 2.67. The molecular formula is C14H19NO2. The van der Waals surface area contributed by atoms with Crippen molar-refractivity contribution in [3.63, 3.8) is 0 Å². The summed E-state index contributed by atoms with van der Waals surface area (Å²) in [6, 6.07) is 7.71. The molecule has 1 heterocycles. The van der Waals surface area contributed by atoms with E-state index in [1.807, 2.05) is 31.2 Å². The highest BCUT2D eigenvalue weighted by molar-refractivity contribution is 5.94. The number of aliphatic hydroxyl groups is 1. The van der Waals surface area contributed by atoms with Crippen LogP contribution in [0.2, 0.25) is 0 Å². The van der Waals surface area contributed by atoms with Crippen LogP contribution in [0, 0.1) is 5.92 Å². The fraction of sp³-hybridized carbons (Fsp3) is 0.500. The number of Topliss-reactive ketones (excluding diaryl/α,β-unsaturated/α-hetero) is 1. The Morgan fingerprint density at radius 3 is 2.53 bits per heavy atom. The van der Waals surface area contributed by atoms with Gasteiger partial charge in [-0.1, -0.05) is 0 Å². The third-order valence-corrected chi connectivity index (χ3v) is 3.55. The van der Waals surface area contributed by atoms with Gasteiger partial charge in [0.05, 0.1) is 6.10 Å². The van der Waals surface area contributed by atoms with Crippen LogP contribution in [-0.2, 0) is 0 Å². The highest BCUT2D eigenvalue weighted by atomic mass is 16.3. The van der Waals surface area contributed by atoms with Crippen LogP contribution in [-0.4, -0.2) is 30.1 Å². The monoisotopic (exact) mass is 233 g/mol. The van der Waals surface area contributed by atoms with Crippen molar-refractivity contribution in [3.8, 4) is 0 Å². The van der Waals surface area contributed by atoms with Gasteiger partial charge in [0.25, 0.3) is 0 Å². The minimum Gasteiger partial charge on any atom is -0.393 e. The molecule has 2 atom stereocenters. The number of anilines is 1. The standard InChI is InChI=1S/C14H19NO2/c1-10(16)12-3-5-14(6-4-12)15-8-7-13(9-15)11(2)17/h3-6,11,13,17H,7-9H2,1-2H3. The summed E-state index contributed by atoms with van der Waals surface area (Å²) in [6.45, 7) is 5.31. The highest BCUT2D eigenvalue weighted by Gasteiger charge is 2.25. The quantitative estimate of drug-likeness (QED) is 0.813. The maximum Gasteiger partial charge on any atom is 0.159 e. The summed E-state index contributed by atoms with van der Waals surface area (Å²) < 4.78 is 0. The van der Waals surface area contributed by atoms with Crippen LogP contribution in [0.3, 0.4) is 0 Å². The Hall–Kier alpha value is -1.35. The van der Waals surface area contributed by atoms with E-state index in [0.29, 0.717) is 5.92 Å². The number of rotatable bonds is 3. The Labute approximate surface area is 102 Å². The van der Waals surface area contributed by atoms with Crippen molar-refractivity contribution in [2.75, 3.05) is 18.0 Å². The van der Waals surface area contributed by atoms with E-state index in [1.165, 1.54) is 0 Å². The van der Waals surface area contributed by atoms with Crippen LogP contribution >= 0.6 is 0 Å². The van der Waals surface area contributed by atoms with Gasteiger partial charge in [0, 0.05) is 30.3 Å². The fourth-order valence-corrected chi connectivity index (χ4v) is 2.32. The molecule has 0 aromatic heterocycles. The Bertz CT molecular complexity index is 397. The second-order valence-electron chi connectivity index (χ2n) is 4.84. The van der Waals surface area contributed by atoms with Crippen molar-refractivity contribution in [3.05, 3.63) is 29.8 Å². The van der Waals surface area contributed by atoms with Gasteiger partial charge >= 0.3 is 0 Å². The Morgan fingerprint density at radius 1 is 1.41 bits per heavy atom. The number of hydrogen-bond donors (Lipinski definition) is 1. The number of carbonyl (C=O) groups is 1. The van der Waals surface area contributed by atoms with E-state index < -0.39 is 0 Å². The van der Waals surface area contributed by atoms with Gasteiger partial charge in [-0.3, -0.25) is 4.79 Å². The van der Waals surface area contributed by atoms with Crippen molar-refractivity contribution in [1.82, 2.24) is 0 Å². The van der Waals surface area contributed by atoms with Crippen LogP contribution in [0.4, 0.5) is 5.69 Å². The molecule has 1 aliphatic heterocycles. The molecule has 1 fully saturated rings. The van der Waals surface area contributed by atoms with Gasteiger partial charge in [-0.25, -0.2) is 0 Å². The lowest BCUT2D eigenvalue weighted by Crippen LogP contribution is -2.23. The number of nitrogens with zero attached hydrogens (tertiary/aromatic N) is 1. The van der Waals surface area contributed by atoms with E-state index in [2.05, 4.69) is 4.90 Å². The maximum absolute atomic E-state index is 11.2. The zero-order valence-electron chi connectivity index (χ0n) is 10.4. The van der Waals surface area contributed by atoms with E-state index in [1.54, 1.807) is 6.92 Å². The van der Waals surface area contributed by atoms with Crippen LogP contribution in [0.15, 0.2) is 24.3 Å². The minimum atomic E-state index is -0.239. The topological polar surface area (TPSA) is 40.5 Å². The van der Waals surface area contributed by atoms with Crippen LogP contribution in [0.25, 0.3) is 0 Å². The van der Waals surface area contributed by atoms with E-state index in [-0.39, 0.29) is 11.9 Å². The molecule has 2 rings (SSSR count). The van der Waals surface area contributed by atoms with E-state index >= 15 is 0 Å². The number of benzene rings is 1. The molecule has 0 aliphatic carbocycles. The fourth-order valence-electron chi connectivity index (χ4n) is 2.32. The number of aliphatic hydroxyl groups excluding tert-OH is 1. The molecule has 92 valence electrons. The zero-order valence-corrected chi connectivity index (χ0v) is 10.4. The SMILES string of the molecule is CC(=O)c1ccc(N2CCC(C(C)O)C2)cc1. The Kier molecular flexibility index (Phi) is 3.48. The van der Waals surface area contributed by atoms with Crippen molar-refractivity contribution in [1.29, 1.82) is 0 Å². The number of ketones is 1. The van der Waals surface area contributed by atoms with Crippen LogP contribution in [0.5, 0.6) is 0 Å². The van der Waals surface area contributed by atoms with Crippen LogP contribution in [0.1, 0.15) is 30.6 Å². The van der Waals surface area contributed by atoms with Crippen LogP contribution < -0.4 is 4.90 Å². The van der Waals surface area contributed by atoms with Gasteiger partial charge in [0.15, 0.2) is 5.78 Å². The molecule has 0 radical (unpaired) electrons. The van der Waals surface area contributed by atoms with Gasteiger partial charge in [0.2, 0.25) is 0 Å².